The van der Waals surface area contributed by atoms with Gasteiger partial charge in [0.1, 0.15) is 11.4 Å². The lowest BCUT2D eigenvalue weighted by Crippen LogP contribution is -2.44. The van der Waals surface area contributed by atoms with Crippen molar-refractivity contribution >= 4 is 10.1 Å². The maximum atomic E-state index is 12.8. The van der Waals surface area contributed by atoms with Crippen LogP contribution in [0.25, 0.3) is 0 Å². The summed E-state index contributed by atoms with van der Waals surface area (Å²) in [5, 5.41) is 3.75. The van der Waals surface area contributed by atoms with Crippen LogP contribution in [-0.2, 0) is 23.0 Å². The van der Waals surface area contributed by atoms with Gasteiger partial charge >= 0.3 is 10.1 Å². The molecule has 0 N–H and O–H groups in total. The first-order chi connectivity index (χ1) is 15.8. The molecular formula is C25H37N3O4S. The van der Waals surface area contributed by atoms with Crippen LogP contribution in [0.5, 0.6) is 5.75 Å². The van der Waals surface area contributed by atoms with Crippen molar-refractivity contribution in [1.82, 2.24) is 15.0 Å². The summed E-state index contributed by atoms with van der Waals surface area (Å²) in [6, 6.07) is 6.19. The van der Waals surface area contributed by atoms with Crippen molar-refractivity contribution in [2.45, 2.75) is 70.2 Å². The molecule has 1 fully saturated rings. The molecule has 1 aromatic heterocycles. The number of hydrogen-bond acceptors (Lipinski definition) is 7. The van der Waals surface area contributed by atoms with Crippen LogP contribution in [0.15, 0.2) is 27.6 Å². The summed E-state index contributed by atoms with van der Waals surface area (Å²) in [7, 11) is -1.78. The molecular weight excluding hydrogens is 438 g/mol. The van der Waals surface area contributed by atoms with E-state index in [0.29, 0.717) is 17.5 Å². The Labute approximate surface area is 198 Å². The van der Waals surface area contributed by atoms with Crippen LogP contribution in [-0.4, -0.2) is 62.6 Å². The van der Waals surface area contributed by atoms with Gasteiger partial charge in [0.15, 0.2) is 10.7 Å². The second kappa shape index (κ2) is 10.2. The van der Waals surface area contributed by atoms with Crippen LogP contribution in [0.4, 0.5) is 0 Å². The van der Waals surface area contributed by atoms with Gasteiger partial charge in [-0.1, -0.05) is 18.1 Å². The number of hydrogen-bond donors (Lipinski definition) is 0. The molecule has 4 rings (SSSR count). The van der Waals surface area contributed by atoms with E-state index in [-0.39, 0.29) is 10.7 Å². The van der Waals surface area contributed by atoms with Gasteiger partial charge < -0.3 is 13.6 Å². The Kier molecular flexibility index (Phi) is 7.46. The molecule has 8 heteroatoms. The molecule has 182 valence electrons. The molecule has 7 nitrogen and oxygen atoms in total. The van der Waals surface area contributed by atoms with Crippen LogP contribution >= 0.6 is 0 Å². The highest BCUT2D eigenvalue weighted by atomic mass is 32.2. The molecule has 0 amide bonds. The van der Waals surface area contributed by atoms with Gasteiger partial charge in [0.25, 0.3) is 0 Å². The molecule has 0 bridgehead atoms. The zero-order valence-corrected chi connectivity index (χ0v) is 21.2. The van der Waals surface area contributed by atoms with Crippen molar-refractivity contribution in [2.75, 3.05) is 33.2 Å². The van der Waals surface area contributed by atoms with Crippen molar-refractivity contribution in [3.63, 3.8) is 0 Å². The number of aromatic nitrogens is 1. The monoisotopic (exact) mass is 475 g/mol. The highest BCUT2D eigenvalue weighted by Gasteiger charge is 2.29. The van der Waals surface area contributed by atoms with Crippen LogP contribution in [0, 0.1) is 19.8 Å². The first-order valence-corrected chi connectivity index (χ1v) is 13.6. The largest absolute Gasteiger partial charge is 0.379 e. The fraction of sp³-hybridized carbons (Fsp3) is 0.640. The Morgan fingerprint density at radius 1 is 1.18 bits per heavy atom. The van der Waals surface area contributed by atoms with E-state index in [1.54, 1.807) is 19.9 Å². The summed E-state index contributed by atoms with van der Waals surface area (Å²) in [6.07, 6.45) is 6.80. The number of nitrogens with zero attached hydrogens (tertiary/aromatic N) is 3. The molecule has 2 aromatic rings. The molecule has 1 atom stereocenters. The Morgan fingerprint density at radius 2 is 1.94 bits per heavy atom. The van der Waals surface area contributed by atoms with E-state index in [1.165, 1.54) is 37.1 Å². The maximum absolute atomic E-state index is 12.8. The van der Waals surface area contributed by atoms with Crippen molar-refractivity contribution in [3.8, 4) is 5.75 Å². The second-order valence-electron chi connectivity index (χ2n) is 9.76. The van der Waals surface area contributed by atoms with Gasteiger partial charge in [-0.15, -0.1) is 0 Å². The number of rotatable bonds is 8. The van der Waals surface area contributed by atoms with E-state index < -0.39 is 10.1 Å². The summed E-state index contributed by atoms with van der Waals surface area (Å²) in [5.74, 6) is 1.37. The molecule has 1 saturated heterocycles. The zero-order chi connectivity index (χ0) is 23.6. The minimum atomic E-state index is -3.99. The molecule has 1 aliphatic carbocycles. The highest BCUT2D eigenvalue weighted by Crippen LogP contribution is 2.31. The van der Waals surface area contributed by atoms with Gasteiger partial charge in [-0.2, -0.15) is 8.42 Å². The molecule has 1 aliphatic heterocycles. The molecule has 0 spiro atoms. The average molecular weight is 476 g/mol. The van der Waals surface area contributed by atoms with Crippen molar-refractivity contribution < 1.29 is 17.1 Å². The first kappa shape index (κ1) is 24.2. The first-order valence-electron chi connectivity index (χ1n) is 12.2. The normalized spacial score (nSPS) is 20.2. The Hall–Kier alpha value is -1.90. The van der Waals surface area contributed by atoms with E-state index in [4.69, 9.17) is 8.71 Å². The number of aryl methyl sites for hydroxylation is 3. The lowest BCUT2D eigenvalue weighted by atomic mass is 9.86. The number of fused-ring (bicyclic) bond motifs is 1. The fourth-order valence-electron chi connectivity index (χ4n) is 5.36. The standard InChI is InChI=1S/C25H37N3O4S/c1-5-12-28(17-20-10-13-27(4)14-11-20)23-8-6-21-7-9-24(16-22(21)15-23)32-33(29,30)25-18(2)26-31-19(25)3/h7,9,16,20,23H,5-6,8,10-15,17H2,1-4H3. The number of benzene rings is 1. The lowest BCUT2D eigenvalue weighted by Gasteiger charge is -2.39. The smallest absolute Gasteiger partial charge is 0.344 e. The van der Waals surface area contributed by atoms with E-state index >= 15 is 0 Å². The van der Waals surface area contributed by atoms with E-state index in [9.17, 15) is 8.42 Å². The zero-order valence-electron chi connectivity index (χ0n) is 20.3. The molecule has 0 saturated carbocycles. The SMILES string of the molecule is CCCN(CC1CCN(C)CC1)C1CCc2ccc(OS(=O)(=O)c3c(C)noc3C)cc2C1. The van der Waals surface area contributed by atoms with Gasteiger partial charge in [0, 0.05) is 12.6 Å². The van der Waals surface area contributed by atoms with Gasteiger partial charge in [-0.05, 0) is 108 Å². The van der Waals surface area contributed by atoms with Gasteiger partial charge in [0.05, 0.1) is 0 Å². The predicted octanol–water partition coefficient (Wildman–Crippen LogP) is 3.97. The van der Waals surface area contributed by atoms with Gasteiger partial charge in [-0.25, -0.2) is 0 Å². The number of piperidine rings is 1. The van der Waals surface area contributed by atoms with Crippen molar-refractivity contribution in [2.24, 2.45) is 5.92 Å². The van der Waals surface area contributed by atoms with Crippen LogP contribution < -0.4 is 4.18 Å². The average Bonchev–Trinajstić information content (AvgIpc) is 3.13. The topological polar surface area (TPSA) is 75.9 Å². The quantitative estimate of drug-likeness (QED) is 0.535. The van der Waals surface area contributed by atoms with E-state index in [1.807, 2.05) is 12.1 Å². The van der Waals surface area contributed by atoms with Crippen LogP contribution in [0.3, 0.4) is 0 Å². The van der Waals surface area contributed by atoms with Crippen LogP contribution in [0.2, 0.25) is 0 Å². The second-order valence-corrected chi connectivity index (χ2v) is 11.2. The summed E-state index contributed by atoms with van der Waals surface area (Å²) < 4.78 is 36.2. The maximum Gasteiger partial charge on any atom is 0.344 e. The van der Waals surface area contributed by atoms with Crippen molar-refractivity contribution in [3.05, 3.63) is 40.8 Å². The third-order valence-electron chi connectivity index (χ3n) is 7.16. The molecule has 1 unspecified atom stereocenters. The summed E-state index contributed by atoms with van der Waals surface area (Å²) in [5.41, 5.74) is 2.81. The predicted molar refractivity (Wildman–Crippen MR) is 128 cm³/mol. The Bertz CT molecular complexity index is 1040. The minimum Gasteiger partial charge on any atom is -0.379 e. The molecule has 1 aromatic carbocycles. The minimum absolute atomic E-state index is 0.0188. The van der Waals surface area contributed by atoms with Gasteiger partial charge in [0.2, 0.25) is 0 Å². The van der Waals surface area contributed by atoms with Crippen molar-refractivity contribution in [1.29, 1.82) is 0 Å². The highest BCUT2D eigenvalue weighted by molar-refractivity contribution is 7.87. The third kappa shape index (κ3) is 5.61. The van der Waals surface area contributed by atoms with E-state index in [0.717, 1.165) is 44.7 Å². The molecule has 0 radical (unpaired) electrons. The molecule has 2 aliphatic rings. The van der Waals surface area contributed by atoms with Crippen LogP contribution in [0.1, 0.15) is 55.2 Å². The fourth-order valence-corrected chi connectivity index (χ4v) is 6.59. The Balaban J connectivity index is 1.48. The third-order valence-corrected chi connectivity index (χ3v) is 8.66. The Morgan fingerprint density at radius 3 is 2.61 bits per heavy atom. The number of likely N-dealkylation sites (tertiary alicyclic amines) is 1. The summed E-state index contributed by atoms with van der Waals surface area (Å²) >= 11 is 0. The lowest BCUT2D eigenvalue weighted by molar-refractivity contribution is 0.119. The molecule has 33 heavy (non-hydrogen) atoms. The van der Waals surface area contributed by atoms with E-state index in [2.05, 4.69) is 28.9 Å². The summed E-state index contributed by atoms with van der Waals surface area (Å²) in [6.45, 7) is 10.1. The molecule has 2 heterocycles. The van der Waals surface area contributed by atoms with Gasteiger partial charge in [-0.3, -0.25) is 4.90 Å². The summed E-state index contributed by atoms with van der Waals surface area (Å²) in [4.78, 5) is 5.13.